The molecule has 8 nitrogen and oxygen atoms in total. The van der Waals surface area contributed by atoms with Crippen LogP contribution in [0.5, 0.6) is 0 Å². The van der Waals surface area contributed by atoms with Crippen LogP contribution in [0, 0.1) is 6.92 Å². The first-order valence-electron chi connectivity index (χ1n) is 17.5. The Bertz CT molecular complexity index is 1400. The Kier molecular flexibility index (Phi) is 15.1. The van der Waals surface area contributed by atoms with Gasteiger partial charge in [-0.05, 0) is 64.3 Å². The van der Waals surface area contributed by atoms with Crippen molar-refractivity contribution >= 4 is 40.6 Å². The molecule has 252 valence electrons. The smallest absolute Gasteiger partial charge is 0.423 e. The Hall–Kier alpha value is -3.17. The van der Waals surface area contributed by atoms with Gasteiger partial charge in [0.05, 0.1) is 16.6 Å². The number of esters is 1. The van der Waals surface area contributed by atoms with Gasteiger partial charge in [-0.1, -0.05) is 82.6 Å². The van der Waals surface area contributed by atoms with Gasteiger partial charge in [-0.15, -0.1) is 11.3 Å². The van der Waals surface area contributed by atoms with Crippen molar-refractivity contribution in [1.29, 1.82) is 0 Å². The number of ether oxygens (including phenoxy) is 2. The number of para-hydroxylation sites is 2. The molecule has 0 unspecified atom stereocenters. The predicted molar refractivity (Wildman–Crippen MR) is 188 cm³/mol. The van der Waals surface area contributed by atoms with Crippen molar-refractivity contribution in [2.24, 2.45) is 4.99 Å². The number of rotatable bonds is 18. The van der Waals surface area contributed by atoms with E-state index in [0.717, 1.165) is 72.5 Å². The number of fused-ring (bicyclic) bond motifs is 2. The van der Waals surface area contributed by atoms with Crippen LogP contribution in [-0.4, -0.2) is 61.9 Å². The first-order chi connectivity index (χ1) is 22.5. The monoisotopic (exact) mass is 650 g/mol. The minimum atomic E-state index is -0.581. The molecule has 1 fully saturated rings. The summed E-state index contributed by atoms with van der Waals surface area (Å²) in [5, 5.41) is 0.918. The lowest BCUT2D eigenvalue weighted by Gasteiger charge is -2.38. The zero-order chi connectivity index (χ0) is 32.6. The number of carbonyl (C=O) groups is 2. The number of hydrogen-bond donors (Lipinski definition) is 0. The van der Waals surface area contributed by atoms with Crippen molar-refractivity contribution in [2.45, 2.75) is 104 Å². The van der Waals surface area contributed by atoms with E-state index >= 15 is 0 Å². The lowest BCUT2D eigenvalue weighted by Crippen LogP contribution is -2.51. The second-order valence-corrected chi connectivity index (χ2v) is 13.7. The summed E-state index contributed by atoms with van der Waals surface area (Å²) in [4.78, 5) is 38.4. The molecule has 2 aliphatic rings. The topological polar surface area (TPSA) is 74.7 Å². The summed E-state index contributed by atoms with van der Waals surface area (Å²) in [6.45, 7) is 7.23. The number of allylic oxidation sites excluding steroid dienone is 2. The number of benzene rings is 1. The molecule has 46 heavy (non-hydrogen) atoms. The number of anilines is 1. The van der Waals surface area contributed by atoms with Gasteiger partial charge in [0.25, 0.3) is 0 Å². The van der Waals surface area contributed by atoms with Crippen LogP contribution in [0.4, 0.5) is 16.2 Å². The summed E-state index contributed by atoms with van der Waals surface area (Å²) in [6, 6.07) is 9.71. The first kappa shape index (κ1) is 35.7. The highest BCUT2D eigenvalue weighted by Crippen LogP contribution is 2.34. The molecule has 0 N–H and O–H groups in total. The van der Waals surface area contributed by atoms with Crippen molar-refractivity contribution in [3.8, 4) is 0 Å². The maximum absolute atomic E-state index is 13.7. The summed E-state index contributed by atoms with van der Waals surface area (Å²) >= 11 is 1.62. The van der Waals surface area contributed by atoms with Gasteiger partial charge in [0.2, 0.25) is 6.79 Å². The molecule has 0 atom stereocenters. The van der Waals surface area contributed by atoms with Crippen molar-refractivity contribution in [3.05, 3.63) is 57.3 Å². The van der Waals surface area contributed by atoms with Gasteiger partial charge in [0.1, 0.15) is 10.5 Å². The average Bonchev–Trinajstić information content (AvgIpc) is 3.35. The Balaban J connectivity index is 1.20. The van der Waals surface area contributed by atoms with E-state index in [1.165, 1.54) is 57.8 Å². The second kappa shape index (κ2) is 19.5. The van der Waals surface area contributed by atoms with Crippen molar-refractivity contribution in [2.75, 3.05) is 44.9 Å². The van der Waals surface area contributed by atoms with E-state index in [9.17, 15) is 9.59 Å². The number of amides is 1. The molecule has 1 amide bonds. The molecule has 1 saturated heterocycles. The van der Waals surface area contributed by atoms with Crippen LogP contribution in [0.15, 0.2) is 47.5 Å². The quantitative estimate of drug-likeness (QED) is 0.0709. The molecule has 1 aromatic heterocycles. The number of carbonyl (C=O) groups excluding carboxylic acids is 2. The highest BCUT2D eigenvalue weighted by Gasteiger charge is 2.32. The summed E-state index contributed by atoms with van der Waals surface area (Å²) in [6.07, 6.45) is 20.1. The SMILES string of the molecule is CCCCCCCC/C=C\CCCCCCCC(=O)OCOC(=O)N1C(N2CCN(C)CC2)=c2cc(C)sc2=Nc2ccccc21. The van der Waals surface area contributed by atoms with Gasteiger partial charge in [-0.2, -0.15) is 0 Å². The van der Waals surface area contributed by atoms with Crippen LogP contribution >= 0.6 is 11.3 Å². The van der Waals surface area contributed by atoms with Crippen LogP contribution in [0.25, 0.3) is 5.82 Å². The Morgan fingerprint density at radius 2 is 1.52 bits per heavy atom. The molecule has 0 radical (unpaired) electrons. The maximum Gasteiger partial charge on any atom is 0.423 e. The summed E-state index contributed by atoms with van der Waals surface area (Å²) in [5.41, 5.74) is 1.36. The fraction of sp³-hybridized carbons (Fsp3) is 0.595. The fourth-order valence-corrected chi connectivity index (χ4v) is 6.86. The molecule has 1 aromatic carbocycles. The molecule has 0 bridgehead atoms. The Labute approximate surface area is 279 Å². The van der Waals surface area contributed by atoms with Crippen LogP contribution in [0.3, 0.4) is 0 Å². The molecule has 2 aromatic rings. The Morgan fingerprint density at radius 1 is 0.870 bits per heavy atom. The van der Waals surface area contributed by atoms with E-state index in [1.54, 1.807) is 16.2 Å². The van der Waals surface area contributed by atoms with E-state index in [4.69, 9.17) is 14.5 Å². The third-order valence-electron chi connectivity index (χ3n) is 8.66. The normalized spacial score (nSPS) is 15.0. The second-order valence-electron chi connectivity index (χ2n) is 12.5. The van der Waals surface area contributed by atoms with Gasteiger partial charge in [0, 0.05) is 37.5 Å². The zero-order valence-electron chi connectivity index (χ0n) is 28.3. The van der Waals surface area contributed by atoms with Crippen LogP contribution in [0.2, 0.25) is 0 Å². The number of piperazine rings is 1. The van der Waals surface area contributed by atoms with E-state index in [1.807, 2.05) is 24.3 Å². The summed E-state index contributed by atoms with van der Waals surface area (Å²) in [7, 11) is 2.11. The molecule has 4 rings (SSSR count). The molecular formula is C37H54N4O4S. The minimum absolute atomic E-state index is 0.331. The molecular weight excluding hydrogens is 596 g/mol. The highest BCUT2D eigenvalue weighted by molar-refractivity contribution is 7.09. The van der Waals surface area contributed by atoms with Gasteiger partial charge in [-0.25, -0.2) is 14.7 Å². The molecule has 0 saturated carbocycles. The van der Waals surface area contributed by atoms with Gasteiger partial charge in [-0.3, -0.25) is 4.79 Å². The van der Waals surface area contributed by atoms with Crippen LogP contribution in [0.1, 0.15) is 102 Å². The molecule has 9 heteroatoms. The lowest BCUT2D eigenvalue weighted by molar-refractivity contribution is -0.151. The van der Waals surface area contributed by atoms with Crippen molar-refractivity contribution in [1.82, 2.24) is 9.80 Å². The standard InChI is InChI=1S/C37H54N4O4S/c1-4-5-6-7-8-9-10-11-12-13-14-15-16-17-18-23-34(42)44-29-45-37(43)41-33-22-20-19-21-32(33)38-35-31(28-30(2)46-35)36(41)40-26-24-39(3)25-27-40/h11-12,19-22,28H,4-10,13-18,23-27,29H2,1-3H3/b12-11-. The number of unbranched alkanes of at least 4 members (excludes halogenated alkanes) is 11. The van der Waals surface area contributed by atoms with Crippen LogP contribution < -0.4 is 14.8 Å². The van der Waals surface area contributed by atoms with Crippen molar-refractivity contribution in [3.63, 3.8) is 0 Å². The third kappa shape index (κ3) is 11.0. The number of likely N-dealkylation sites (N-methyl/N-ethyl adjacent to an activating group) is 1. The van der Waals surface area contributed by atoms with E-state index in [-0.39, 0.29) is 5.97 Å². The number of thiophene rings is 1. The van der Waals surface area contributed by atoms with E-state index < -0.39 is 12.9 Å². The lowest BCUT2D eigenvalue weighted by atomic mass is 10.1. The maximum atomic E-state index is 13.7. The number of aryl methyl sites for hydroxylation is 1. The molecule has 0 aliphatic carbocycles. The molecule has 3 heterocycles. The predicted octanol–water partition coefficient (Wildman–Crippen LogP) is 7.82. The fourth-order valence-electron chi connectivity index (χ4n) is 5.97. The Morgan fingerprint density at radius 3 is 2.24 bits per heavy atom. The molecule has 2 aliphatic heterocycles. The van der Waals surface area contributed by atoms with Gasteiger partial charge < -0.3 is 19.3 Å². The minimum Gasteiger partial charge on any atom is -0.428 e. The average molecular weight is 651 g/mol. The van der Waals surface area contributed by atoms with E-state index in [0.29, 0.717) is 17.8 Å². The first-order valence-corrected chi connectivity index (χ1v) is 18.3. The molecule has 0 spiro atoms. The summed E-state index contributed by atoms with van der Waals surface area (Å²) in [5.74, 6) is 0.432. The largest absolute Gasteiger partial charge is 0.428 e. The van der Waals surface area contributed by atoms with Crippen molar-refractivity contribution < 1.29 is 19.1 Å². The van der Waals surface area contributed by atoms with Gasteiger partial charge in [0.15, 0.2) is 0 Å². The number of nitrogens with zero attached hydrogens (tertiary/aromatic N) is 4. The number of hydrogen-bond acceptors (Lipinski definition) is 8. The summed E-state index contributed by atoms with van der Waals surface area (Å²) < 4.78 is 11.8. The highest BCUT2D eigenvalue weighted by atomic mass is 32.1. The zero-order valence-corrected chi connectivity index (χ0v) is 29.1. The van der Waals surface area contributed by atoms with E-state index in [2.05, 4.69) is 48.9 Å². The van der Waals surface area contributed by atoms with Crippen LogP contribution in [-0.2, 0) is 14.3 Å². The third-order valence-corrected chi connectivity index (χ3v) is 9.61. The van der Waals surface area contributed by atoms with Gasteiger partial charge >= 0.3 is 12.1 Å².